The number of pyridine rings is 1. The summed E-state index contributed by atoms with van der Waals surface area (Å²) in [6.45, 7) is 2.07. The monoisotopic (exact) mass is 248 g/mol. The van der Waals surface area contributed by atoms with E-state index in [2.05, 4.69) is 4.98 Å². The molecule has 5 nitrogen and oxygen atoms in total. The minimum Gasteiger partial charge on any atom is -0.495 e. The first kappa shape index (κ1) is 12.4. The topological polar surface area (TPSA) is 77.3 Å². The van der Waals surface area contributed by atoms with Gasteiger partial charge in [0.2, 0.25) is 5.43 Å². The second-order valence-corrected chi connectivity index (χ2v) is 3.99. The fourth-order valence-electron chi connectivity index (χ4n) is 2.12. The van der Waals surface area contributed by atoms with Gasteiger partial charge in [-0.1, -0.05) is 6.07 Å². The second kappa shape index (κ2) is 4.70. The third kappa shape index (κ3) is 1.73. The van der Waals surface area contributed by atoms with E-state index in [1.807, 2.05) is 0 Å². The van der Waals surface area contributed by atoms with E-state index >= 15 is 0 Å². The molecule has 1 aromatic carbocycles. The number of ether oxygens (including phenoxy) is 2. The van der Waals surface area contributed by atoms with Crippen LogP contribution in [0, 0.1) is 6.92 Å². The SMILES string of the molecule is COc1c(C)[nH]c2c(OC)ccc(CN)c2c1=O. The van der Waals surface area contributed by atoms with Crippen LogP contribution in [0.25, 0.3) is 10.9 Å². The van der Waals surface area contributed by atoms with E-state index in [1.165, 1.54) is 7.11 Å². The predicted molar refractivity (Wildman–Crippen MR) is 70.3 cm³/mol. The highest BCUT2D eigenvalue weighted by atomic mass is 16.5. The number of aryl methyl sites for hydroxylation is 1. The van der Waals surface area contributed by atoms with Crippen LogP contribution in [0.15, 0.2) is 16.9 Å². The lowest BCUT2D eigenvalue weighted by Crippen LogP contribution is -2.13. The maximum absolute atomic E-state index is 12.4. The van der Waals surface area contributed by atoms with E-state index in [-0.39, 0.29) is 12.0 Å². The van der Waals surface area contributed by atoms with Crippen molar-refractivity contribution in [3.8, 4) is 11.5 Å². The summed E-state index contributed by atoms with van der Waals surface area (Å²) >= 11 is 0. The van der Waals surface area contributed by atoms with E-state index in [4.69, 9.17) is 15.2 Å². The molecule has 0 radical (unpaired) electrons. The Morgan fingerprint density at radius 1 is 1.28 bits per heavy atom. The highest BCUT2D eigenvalue weighted by Gasteiger charge is 2.15. The first-order valence-electron chi connectivity index (χ1n) is 5.60. The Morgan fingerprint density at radius 2 is 2.00 bits per heavy atom. The van der Waals surface area contributed by atoms with Crippen molar-refractivity contribution < 1.29 is 9.47 Å². The van der Waals surface area contributed by atoms with Crippen molar-refractivity contribution in [2.75, 3.05) is 14.2 Å². The van der Waals surface area contributed by atoms with Gasteiger partial charge in [0.1, 0.15) is 5.75 Å². The van der Waals surface area contributed by atoms with E-state index in [0.717, 1.165) is 5.56 Å². The Hall–Kier alpha value is -2.01. The van der Waals surface area contributed by atoms with Gasteiger partial charge in [0.25, 0.3) is 0 Å². The smallest absolute Gasteiger partial charge is 0.231 e. The summed E-state index contributed by atoms with van der Waals surface area (Å²) in [6, 6.07) is 3.59. The van der Waals surface area contributed by atoms with Crippen LogP contribution in [0.5, 0.6) is 11.5 Å². The molecule has 0 spiro atoms. The first-order chi connectivity index (χ1) is 8.63. The third-order valence-electron chi connectivity index (χ3n) is 2.98. The summed E-state index contributed by atoms with van der Waals surface area (Å²) in [5, 5.41) is 0.527. The minimum absolute atomic E-state index is 0.164. The number of rotatable bonds is 3. The molecule has 0 saturated carbocycles. The molecule has 0 aliphatic rings. The fourth-order valence-corrected chi connectivity index (χ4v) is 2.12. The zero-order chi connectivity index (χ0) is 13.3. The van der Waals surface area contributed by atoms with Gasteiger partial charge in [-0.15, -0.1) is 0 Å². The van der Waals surface area contributed by atoms with E-state index in [0.29, 0.717) is 28.1 Å². The minimum atomic E-state index is -0.164. The summed E-state index contributed by atoms with van der Waals surface area (Å²) in [4.78, 5) is 15.5. The van der Waals surface area contributed by atoms with Gasteiger partial charge >= 0.3 is 0 Å². The molecular weight excluding hydrogens is 232 g/mol. The van der Waals surface area contributed by atoms with E-state index in [9.17, 15) is 4.79 Å². The molecule has 18 heavy (non-hydrogen) atoms. The van der Waals surface area contributed by atoms with Crippen molar-refractivity contribution in [1.82, 2.24) is 4.98 Å². The zero-order valence-corrected chi connectivity index (χ0v) is 10.7. The van der Waals surface area contributed by atoms with Gasteiger partial charge in [-0.05, 0) is 18.6 Å². The highest BCUT2D eigenvalue weighted by molar-refractivity contribution is 5.88. The average Bonchev–Trinajstić information content (AvgIpc) is 2.37. The number of aromatic amines is 1. The van der Waals surface area contributed by atoms with Gasteiger partial charge in [-0.3, -0.25) is 4.79 Å². The zero-order valence-electron chi connectivity index (χ0n) is 10.7. The lowest BCUT2D eigenvalue weighted by molar-refractivity contribution is 0.405. The number of benzene rings is 1. The molecule has 0 unspecified atom stereocenters. The first-order valence-corrected chi connectivity index (χ1v) is 5.60. The Balaban J connectivity index is 2.98. The number of H-pyrrole nitrogens is 1. The Morgan fingerprint density at radius 3 is 2.56 bits per heavy atom. The van der Waals surface area contributed by atoms with Crippen LogP contribution in [0.4, 0.5) is 0 Å². The Kier molecular flexibility index (Phi) is 3.25. The molecule has 0 saturated heterocycles. The number of hydrogen-bond acceptors (Lipinski definition) is 4. The van der Waals surface area contributed by atoms with Gasteiger partial charge in [-0.2, -0.15) is 0 Å². The predicted octanol–water partition coefficient (Wildman–Crippen LogP) is 1.31. The summed E-state index contributed by atoms with van der Waals surface area (Å²) in [6.07, 6.45) is 0. The van der Waals surface area contributed by atoms with E-state index < -0.39 is 0 Å². The molecule has 0 amide bonds. The molecular formula is C13H16N2O3. The molecule has 2 aromatic rings. The van der Waals surface area contributed by atoms with Crippen molar-refractivity contribution >= 4 is 10.9 Å². The number of hydrogen-bond donors (Lipinski definition) is 2. The molecule has 1 heterocycles. The van der Waals surface area contributed by atoms with Crippen LogP contribution in [0.3, 0.4) is 0 Å². The molecule has 1 aromatic heterocycles. The number of aromatic nitrogens is 1. The molecule has 0 bridgehead atoms. The molecule has 5 heteroatoms. The van der Waals surface area contributed by atoms with Gasteiger partial charge in [-0.25, -0.2) is 0 Å². The van der Waals surface area contributed by atoms with Crippen molar-refractivity contribution in [3.63, 3.8) is 0 Å². The molecule has 0 aliphatic carbocycles. The summed E-state index contributed by atoms with van der Waals surface area (Å²) < 4.78 is 10.4. The standard InChI is InChI=1S/C13H16N2O3/c1-7-13(18-3)12(16)10-8(6-14)4-5-9(17-2)11(10)15-7/h4-5H,6,14H2,1-3H3,(H,15,16). The van der Waals surface area contributed by atoms with Crippen LogP contribution >= 0.6 is 0 Å². The Bertz CT molecular complexity index is 647. The summed E-state index contributed by atoms with van der Waals surface area (Å²) in [7, 11) is 3.04. The summed E-state index contributed by atoms with van der Waals surface area (Å²) in [5.74, 6) is 0.926. The lowest BCUT2D eigenvalue weighted by Gasteiger charge is -2.12. The van der Waals surface area contributed by atoms with Crippen molar-refractivity contribution in [2.45, 2.75) is 13.5 Å². The van der Waals surface area contributed by atoms with Gasteiger partial charge in [0.15, 0.2) is 5.75 Å². The third-order valence-corrected chi connectivity index (χ3v) is 2.98. The quantitative estimate of drug-likeness (QED) is 0.858. The maximum Gasteiger partial charge on any atom is 0.231 e. The molecule has 0 atom stereocenters. The van der Waals surface area contributed by atoms with Crippen LogP contribution in [-0.4, -0.2) is 19.2 Å². The Labute approximate surface area is 105 Å². The number of fused-ring (bicyclic) bond motifs is 1. The van der Waals surface area contributed by atoms with Crippen molar-refractivity contribution in [3.05, 3.63) is 33.6 Å². The van der Waals surface area contributed by atoms with Crippen LogP contribution in [-0.2, 0) is 6.54 Å². The molecule has 2 rings (SSSR count). The van der Waals surface area contributed by atoms with Gasteiger partial charge in [0.05, 0.1) is 30.8 Å². The molecule has 96 valence electrons. The average molecular weight is 248 g/mol. The number of methoxy groups -OCH3 is 2. The van der Waals surface area contributed by atoms with Crippen molar-refractivity contribution in [2.24, 2.45) is 5.73 Å². The normalized spacial score (nSPS) is 10.7. The number of nitrogens with one attached hydrogen (secondary N) is 1. The van der Waals surface area contributed by atoms with Gasteiger partial charge in [0, 0.05) is 6.54 Å². The van der Waals surface area contributed by atoms with Crippen LogP contribution < -0.4 is 20.6 Å². The fraction of sp³-hybridized carbons (Fsp3) is 0.308. The van der Waals surface area contributed by atoms with E-state index in [1.54, 1.807) is 26.2 Å². The molecule has 0 fully saturated rings. The number of nitrogens with two attached hydrogens (primary N) is 1. The van der Waals surface area contributed by atoms with Crippen LogP contribution in [0.2, 0.25) is 0 Å². The summed E-state index contributed by atoms with van der Waals surface area (Å²) in [5.41, 5.74) is 7.60. The van der Waals surface area contributed by atoms with Crippen LogP contribution in [0.1, 0.15) is 11.3 Å². The maximum atomic E-state index is 12.4. The largest absolute Gasteiger partial charge is 0.495 e. The second-order valence-electron chi connectivity index (χ2n) is 3.99. The highest BCUT2D eigenvalue weighted by Crippen LogP contribution is 2.27. The van der Waals surface area contributed by atoms with Gasteiger partial charge < -0.3 is 20.2 Å². The molecule has 3 N–H and O–H groups in total. The van der Waals surface area contributed by atoms with Crippen molar-refractivity contribution in [1.29, 1.82) is 0 Å². The molecule has 0 aliphatic heterocycles. The lowest BCUT2D eigenvalue weighted by atomic mass is 10.1.